The van der Waals surface area contributed by atoms with E-state index in [4.69, 9.17) is 5.41 Å². The second kappa shape index (κ2) is 5.48. The van der Waals surface area contributed by atoms with Gasteiger partial charge < -0.3 is 9.98 Å². The highest BCUT2D eigenvalue weighted by Gasteiger charge is 2.04. The van der Waals surface area contributed by atoms with Crippen molar-refractivity contribution < 1.29 is 0 Å². The Kier molecular flexibility index (Phi) is 4.27. The first-order valence-corrected chi connectivity index (χ1v) is 5.89. The molecule has 0 saturated heterocycles. The average Bonchev–Trinajstić information content (AvgIpc) is 2.72. The van der Waals surface area contributed by atoms with Crippen LogP contribution < -0.4 is 0 Å². The summed E-state index contributed by atoms with van der Waals surface area (Å²) in [6.45, 7) is 9.65. The molecule has 0 aliphatic carbocycles. The summed E-state index contributed by atoms with van der Waals surface area (Å²) in [6.07, 6.45) is 2.03. The second-order valence-electron chi connectivity index (χ2n) is 3.86. The van der Waals surface area contributed by atoms with Crippen LogP contribution in [0.4, 0.5) is 0 Å². The van der Waals surface area contributed by atoms with Crippen molar-refractivity contribution in [2.75, 3.05) is 0 Å². The van der Waals surface area contributed by atoms with E-state index in [1.54, 1.807) is 0 Å². The second-order valence-corrected chi connectivity index (χ2v) is 3.86. The minimum atomic E-state index is 0.515. The highest BCUT2D eigenvalue weighted by Crippen LogP contribution is 2.18. The molecule has 17 heavy (non-hydrogen) atoms. The van der Waals surface area contributed by atoms with E-state index >= 15 is 0 Å². The third kappa shape index (κ3) is 2.64. The van der Waals surface area contributed by atoms with Gasteiger partial charge in [0.25, 0.3) is 0 Å². The topological polar surface area (TPSA) is 28.8 Å². The van der Waals surface area contributed by atoms with Gasteiger partial charge in [-0.25, -0.2) is 0 Å². The molecular weight excluding hydrogens is 208 g/mol. The largest absolute Gasteiger partial charge is 0.351 e. The van der Waals surface area contributed by atoms with E-state index in [2.05, 4.69) is 17.2 Å². The molecular formula is C15H20N2. The highest BCUT2D eigenvalue weighted by molar-refractivity contribution is 6.11. The van der Waals surface area contributed by atoms with Crippen molar-refractivity contribution in [1.82, 2.24) is 4.57 Å². The smallest absolute Gasteiger partial charge is 0.0635 e. The normalized spacial score (nSPS) is 9.65. The number of aromatic nitrogens is 1. The maximum atomic E-state index is 7.86. The molecule has 0 saturated carbocycles. The third-order valence-electron chi connectivity index (χ3n) is 2.60. The number of rotatable bonds is 2. The Labute approximate surface area is 103 Å². The lowest BCUT2D eigenvalue weighted by molar-refractivity contribution is 0.969. The summed E-state index contributed by atoms with van der Waals surface area (Å²) in [7, 11) is 2.02. The van der Waals surface area contributed by atoms with Crippen molar-refractivity contribution in [2.45, 2.75) is 20.8 Å². The quantitative estimate of drug-likeness (QED) is 0.748. The maximum absolute atomic E-state index is 7.86. The summed E-state index contributed by atoms with van der Waals surface area (Å²) in [5, 5.41) is 9.03. The van der Waals surface area contributed by atoms with Gasteiger partial charge in [0.15, 0.2) is 0 Å². The molecule has 2 nitrogen and oxygen atoms in total. The Morgan fingerprint density at radius 1 is 1.24 bits per heavy atom. The highest BCUT2D eigenvalue weighted by atomic mass is 14.9. The molecule has 0 aliphatic rings. The molecule has 0 fully saturated rings. The molecule has 0 spiro atoms. The van der Waals surface area contributed by atoms with Gasteiger partial charge in [0, 0.05) is 29.7 Å². The van der Waals surface area contributed by atoms with E-state index in [1.165, 1.54) is 10.9 Å². The van der Waals surface area contributed by atoms with Crippen LogP contribution in [0.15, 0.2) is 42.6 Å². The number of hydrogen-bond donors (Lipinski definition) is 1. The Balaban J connectivity index is 0.000000686. The summed E-state index contributed by atoms with van der Waals surface area (Å²) in [5.41, 5.74) is 3.43. The molecule has 0 amide bonds. The van der Waals surface area contributed by atoms with Gasteiger partial charge in [-0.05, 0) is 30.7 Å². The Bertz CT molecular complexity index is 547. The van der Waals surface area contributed by atoms with Gasteiger partial charge in [-0.3, -0.25) is 0 Å². The van der Waals surface area contributed by atoms with Gasteiger partial charge in [-0.1, -0.05) is 26.5 Å². The number of allylic oxidation sites excluding steroid dienone is 1. The van der Waals surface area contributed by atoms with Crippen molar-refractivity contribution in [3.63, 3.8) is 0 Å². The minimum absolute atomic E-state index is 0.515. The first-order chi connectivity index (χ1) is 8.09. The van der Waals surface area contributed by atoms with Crippen LogP contribution in [0.5, 0.6) is 0 Å². The molecule has 2 rings (SSSR count). The monoisotopic (exact) mass is 228 g/mol. The van der Waals surface area contributed by atoms with Crippen molar-refractivity contribution in [1.29, 1.82) is 5.41 Å². The molecule has 1 N–H and O–H groups in total. The summed E-state index contributed by atoms with van der Waals surface area (Å²) < 4.78 is 2.07. The molecule has 1 heterocycles. The van der Waals surface area contributed by atoms with Crippen LogP contribution in [0.2, 0.25) is 0 Å². The molecule has 90 valence electrons. The molecule has 0 atom stereocenters. The minimum Gasteiger partial charge on any atom is -0.351 e. The molecule has 1 aromatic carbocycles. The van der Waals surface area contributed by atoms with Gasteiger partial charge in [0.1, 0.15) is 0 Å². The standard InChI is InChI=1S/C13H14N2.C2H6/c1-9(2)13(14)11-4-5-12-10(8-11)6-7-15(12)3;1-2/h4-8,14H,1H2,2-3H3;1-2H3. The fourth-order valence-corrected chi connectivity index (χ4v) is 1.68. The third-order valence-corrected chi connectivity index (χ3v) is 2.60. The number of nitrogens with zero attached hydrogens (tertiary/aromatic N) is 1. The van der Waals surface area contributed by atoms with Gasteiger partial charge in [-0.2, -0.15) is 0 Å². The number of nitrogens with one attached hydrogen (secondary N) is 1. The first kappa shape index (κ1) is 13.2. The van der Waals surface area contributed by atoms with E-state index in [-0.39, 0.29) is 0 Å². The van der Waals surface area contributed by atoms with Crippen LogP contribution in [0.25, 0.3) is 10.9 Å². The van der Waals surface area contributed by atoms with Crippen molar-refractivity contribution >= 4 is 16.6 Å². The van der Waals surface area contributed by atoms with E-state index in [9.17, 15) is 0 Å². The lowest BCUT2D eigenvalue weighted by Gasteiger charge is -2.03. The zero-order chi connectivity index (χ0) is 13.0. The van der Waals surface area contributed by atoms with Crippen LogP contribution in [-0.2, 0) is 7.05 Å². The first-order valence-electron chi connectivity index (χ1n) is 5.89. The van der Waals surface area contributed by atoms with Crippen LogP contribution in [0.3, 0.4) is 0 Å². The van der Waals surface area contributed by atoms with E-state index < -0.39 is 0 Å². The molecule has 1 aromatic heterocycles. The number of benzene rings is 1. The molecule has 2 heteroatoms. The van der Waals surface area contributed by atoms with E-state index in [1.807, 2.05) is 52.2 Å². The fourth-order valence-electron chi connectivity index (χ4n) is 1.68. The summed E-state index contributed by atoms with van der Waals surface area (Å²) in [6, 6.07) is 8.11. The van der Waals surface area contributed by atoms with Crippen molar-refractivity contribution in [3.05, 3.63) is 48.2 Å². The number of hydrogen-bond acceptors (Lipinski definition) is 1. The van der Waals surface area contributed by atoms with Crippen LogP contribution in [0.1, 0.15) is 26.3 Å². The van der Waals surface area contributed by atoms with Gasteiger partial charge in [0.2, 0.25) is 0 Å². The lowest BCUT2D eigenvalue weighted by atomic mass is 10.0. The van der Waals surface area contributed by atoms with Gasteiger partial charge >= 0.3 is 0 Å². The Morgan fingerprint density at radius 3 is 2.47 bits per heavy atom. The van der Waals surface area contributed by atoms with Crippen molar-refractivity contribution in [2.24, 2.45) is 7.05 Å². The average molecular weight is 228 g/mol. The maximum Gasteiger partial charge on any atom is 0.0635 e. The Hall–Kier alpha value is -1.83. The van der Waals surface area contributed by atoms with E-state index in [0.29, 0.717) is 5.71 Å². The predicted molar refractivity (Wildman–Crippen MR) is 75.9 cm³/mol. The van der Waals surface area contributed by atoms with Crippen molar-refractivity contribution in [3.8, 4) is 0 Å². The van der Waals surface area contributed by atoms with E-state index in [0.717, 1.165) is 11.1 Å². The number of aryl methyl sites for hydroxylation is 1. The summed E-state index contributed by atoms with van der Waals surface area (Å²) in [4.78, 5) is 0. The fraction of sp³-hybridized carbons (Fsp3) is 0.267. The Morgan fingerprint density at radius 2 is 1.88 bits per heavy atom. The summed E-state index contributed by atoms with van der Waals surface area (Å²) in [5.74, 6) is 0. The molecule has 0 radical (unpaired) electrons. The lowest BCUT2D eigenvalue weighted by Crippen LogP contribution is -1.99. The molecule has 0 unspecified atom stereocenters. The number of fused-ring (bicyclic) bond motifs is 1. The van der Waals surface area contributed by atoms with Crippen LogP contribution in [-0.4, -0.2) is 10.3 Å². The zero-order valence-electron chi connectivity index (χ0n) is 11.0. The van der Waals surface area contributed by atoms with Crippen LogP contribution >= 0.6 is 0 Å². The van der Waals surface area contributed by atoms with Gasteiger partial charge in [-0.15, -0.1) is 0 Å². The molecule has 0 bridgehead atoms. The molecule has 2 aromatic rings. The zero-order valence-corrected chi connectivity index (χ0v) is 11.0. The van der Waals surface area contributed by atoms with Crippen LogP contribution in [0, 0.1) is 5.41 Å². The summed E-state index contributed by atoms with van der Waals surface area (Å²) >= 11 is 0. The van der Waals surface area contributed by atoms with Gasteiger partial charge in [0.05, 0.1) is 5.71 Å². The predicted octanol–water partition coefficient (Wildman–Crippen LogP) is 4.15. The SMILES string of the molecule is C=C(C)C(=N)c1ccc2c(ccn2C)c1.CC. The molecule has 0 aliphatic heterocycles.